The number of aryl methyl sites for hydroxylation is 1. The average Bonchev–Trinajstić information content (AvgIpc) is 3.10. The summed E-state index contributed by atoms with van der Waals surface area (Å²) in [5, 5.41) is 2.85. The lowest BCUT2D eigenvalue weighted by molar-refractivity contribution is -0.129. The van der Waals surface area contributed by atoms with Crippen molar-refractivity contribution in [2.45, 2.75) is 45.1 Å². The molecule has 0 bridgehead atoms. The molecule has 2 aliphatic rings. The Hall–Kier alpha value is -1.91. The van der Waals surface area contributed by atoms with Gasteiger partial charge in [0.1, 0.15) is 5.82 Å². The molecule has 1 atom stereocenters. The highest BCUT2D eigenvalue weighted by Crippen LogP contribution is 2.29. The summed E-state index contributed by atoms with van der Waals surface area (Å²) in [6, 6.07) is 4.10. The zero-order chi connectivity index (χ0) is 14.8. The highest BCUT2D eigenvalue weighted by Gasteiger charge is 2.38. The summed E-state index contributed by atoms with van der Waals surface area (Å²) in [6.07, 6.45) is 6.54. The number of nitrogens with zero attached hydrogens (tertiary/aromatic N) is 2. The van der Waals surface area contributed by atoms with Crippen molar-refractivity contribution in [3.8, 4) is 0 Å². The minimum absolute atomic E-state index is 0.0920. The first-order valence-electron chi connectivity index (χ1n) is 7.67. The number of hydrogen-bond acceptors (Lipinski definition) is 3. The van der Waals surface area contributed by atoms with Gasteiger partial charge in [0.15, 0.2) is 0 Å². The van der Waals surface area contributed by atoms with E-state index in [9.17, 15) is 9.59 Å². The lowest BCUT2D eigenvalue weighted by Crippen LogP contribution is -2.35. The Morgan fingerprint density at radius 1 is 1.38 bits per heavy atom. The number of hydrogen-bond donors (Lipinski definition) is 1. The number of likely N-dealkylation sites (tertiary alicyclic amines) is 1. The Morgan fingerprint density at radius 3 is 2.86 bits per heavy atom. The molecule has 5 nitrogen and oxygen atoms in total. The molecular weight excluding hydrogens is 266 g/mol. The van der Waals surface area contributed by atoms with Crippen molar-refractivity contribution < 1.29 is 9.59 Å². The molecule has 2 heterocycles. The number of rotatable bonds is 3. The van der Waals surface area contributed by atoms with E-state index in [0.29, 0.717) is 24.8 Å². The van der Waals surface area contributed by atoms with Crippen LogP contribution in [-0.4, -0.2) is 34.3 Å². The Kier molecular flexibility index (Phi) is 3.90. The molecule has 21 heavy (non-hydrogen) atoms. The van der Waals surface area contributed by atoms with E-state index < -0.39 is 0 Å². The fourth-order valence-corrected chi connectivity index (χ4v) is 3.31. The summed E-state index contributed by atoms with van der Waals surface area (Å²) in [7, 11) is 0. The summed E-state index contributed by atoms with van der Waals surface area (Å²) in [5.74, 6) is 0.374. The molecule has 1 aromatic heterocycles. The van der Waals surface area contributed by atoms with Gasteiger partial charge in [-0.05, 0) is 31.4 Å². The van der Waals surface area contributed by atoms with E-state index in [1.807, 2.05) is 24.0 Å². The molecule has 1 aliphatic heterocycles. The maximum Gasteiger partial charge on any atom is 0.230 e. The molecule has 1 aromatic rings. The van der Waals surface area contributed by atoms with Gasteiger partial charge in [-0.1, -0.05) is 18.9 Å². The van der Waals surface area contributed by atoms with Crippen LogP contribution in [0.1, 0.15) is 37.7 Å². The molecule has 5 heteroatoms. The highest BCUT2D eigenvalue weighted by molar-refractivity contribution is 5.97. The maximum absolute atomic E-state index is 12.3. The van der Waals surface area contributed by atoms with Crippen molar-refractivity contribution in [2.75, 3.05) is 11.9 Å². The van der Waals surface area contributed by atoms with Crippen LogP contribution in [-0.2, 0) is 9.59 Å². The van der Waals surface area contributed by atoms with Crippen LogP contribution in [0.15, 0.2) is 18.3 Å². The van der Waals surface area contributed by atoms with E-state index in [4.69, 9.17) is 0 Å². The minimum Gasteiger partial charge on any atom is -0.339 e. The molecule has 0 radical (unpaired) electrons. The zero-order valence-corrected chi connectivity index (χ0v) is 12.3. The van der Waals surface area contributed by atoms with E-state index in [2.05, 4.69) is 10.3 Å². The lowest BCUT2D eigenvalue weighted by atomic mass is 10.1. The molecule has 0 unspecified atom stereocenters. The fourth-order valence-electron chi connectivity index (χ4n) is 3.31. The molecule has 0 aromatic carbocycles. The Balaban J connectivity index is 1.64. The first kappa shape index (κ1) is 14.0. The predicted octanol–water partition coefficient (Wildman–Crippen LogP) is 2.12. The predicted molar refractivity (Wildman–Crippen MR) is 79.7 cm³/mol. The number of carbonyl (C=O) groups is 2. The molecule has 3 rings (SSSR count). The third-order valence-electron chi connectivity index (χ3n) is 4.55. The van der Waals surface area contributed by atoms with Gasteiger partial charge in [0, 0.05) is 25.2 Å². The molecule has 2 fully saturated rings. The number of nitrogens with one attached hydrogen (secondary N) is 1. The highest BCUT2D eigenvalue weighted by atomic mass is 16.2. The van der Waals surface area contributed by atoms with E-state index >= 15 is 0 Å². The largest absolute Gasteiger partial charge is 0.339 e. The normalized spacial score (nSPS) is 22.8. The van der Waals surface area contributed by atoms with Gasteiger partial charge < -0.3 is 10.2 Å². The van der Waals surface area contributed by atoms with Gasteiger partial charge in [-0.25, -0.2) is 4.98 Å². The zero-order valence-electron chi connectivity index (χ0n) is 12.3. The van der Waals surface area contributed by atoms with Crippen molar-refractivity contribution >= 4 is 17.6 Å². The van der Waals surface area contributed by atoms with Crippen molar-refractivity contribution in [1.82, 2.24) is 9.88 Å². The standard InChI is InChI=1S/C16H21N3O2/c1-11-5-4-8-17-15(11)18-16(21)12-9-14(20)19(10-12)13-6-2-3-7-13/h4-5,8,12-13H,2-3,6-7,9-10H2,1H3,(H,17,18,21)/t12-/m1/s1. The van der Waals surface area contributed by atoms with Crippen LogP contribution in [0.3, 0.4) is 0 Å². The van der Waals surface area contributed by atoms with E-state index in [1.165, 1.54) is 12.8 Å². The molecular formula is C16H21N3O2. The van der Waals surface area contributed by atoms with E-state index in [0.717, 1.165) is 18.4 Å². The number of aromatic nitrogens is 1. The first-order chi connectivity index (χ1) is 10.1. The molecule has 1 saturated heterocycles. The van der Waals surface area contributed by atoms with Gasteiger partial charge in [0.25, 0.3) is 0 Å². The van der Waals surface area contributed by atoms with Crippen LogP contribution in [0.5, 0.6) is 0 Å². The Morgan fingerprint density at radius 2 is 2.14 bits per heavy atom. The van der Waals surface area contributed by atoms with Crippen LogP contribution in [0.4, 0.5) is 5.82 Å². The number of pyridine rings is 1. The van der Waals surface area contributed by atoms with Crippen LogP contribution in [0.2, 0.25) is 0 Å². The Labute approximate surface area is 124 Å². The first-order valence-corrected chi connectivity index (χ1v) is 7.67. The summed E-state index contributed by atoms with van der Waals surface area (Å²) < 4.78 is 0. The SMILES string of the molecule is Cc1cccnc1NC(=O)[C@@H]1CC(=O)N(C2CCCC2)C1. The van der Waals surface area contributed by atoms with Gasteiger partial charge in [-0.2, -0.15) is 0 Å². The molecule has 1 N–H and O–H groups in total. The average molecular weight is 287 g/mol. The number of carbonyl (C=O) groups excluding carboxylic acids is 2. The van der Waals surface area contributed by atoms with Crippen LogP contribution < -0.4 is 5.32 Å². The minimum atomic E-state index is -0.250. The summed E-state index contributed by atoms with van der Waals surface area (Å²) in [5.41, 5.74) is 0.933. The van der Waals surface area contributed by atoms with Gasteiger partial charge in [0.2, 0.25) is 11.8 Å². The monoisotopic (exact) mass is 287 g/mol. The van der Waals surface area contributed by atoms with Crippen molar-refractivity contribution in [2.24, 2.45) is 5.92 Å². The van der Waals surface area contributed by atoms with Crippen LogP contribution >= 0.6 is 0 Å². The van der Waals surface area contributed by atoms with Crippen molar-refractivity contribution in [3.05, 3.63) is 23.9 Å². The van der Waals surface area contributed by atoms with Crippen LogP contribution in [0, 0.1) is 12.8 Å². The topological polar surface area (TPSA) is 62.3 Å². The quantitative estimate of drug-likeness (QED) is 0.926. The number of amides is 2. The molecule has 1 aliphatic carbocycles. The summed E-state index contributed by atoms with van der Waals surface area (Å²) >= 11 is 0. The van der Waals surface area contributed by atoms with Crippen molar-refractivity contribution in [1.29, 1.82) is 0 Å². The summed E-state index contributed by atoms with van der Waals surface area (Å²) in [6.45, 7) is 2.47. The molecule has 0 spiro atoms. The smallest absolute Gasteiger partial charge is 0.230 e. The van der Waals surface area contributed by atoms with Crippen LogP contribution in [0.25, 0.3) is 0 Å². The maximum atomic E-state index is 12.3. The Bertz CT molecular complexity index is 552. The van der Waals surface area contributed by atoms with Crippen molar-refractivity contribution in [3.63, 3.8) is 0 Å². The molecule has 2 amide bonds. The van der Waals surface area contributed by atoms with E-state index in [-0.39, 0.29) is 17.7 Å². The van der Waals surface area contributed by atoms with Gasteiger partial charge in [-0.3, -0.25) is 9.59 Å². The van der Waals surface area contributed by atoms with Gasteiger partial charge in [-0.15, -0.1) is 0 Å². The van der Waals surface area contributed by atoms with Gasteiger partial charge in [0.05, 0.1) is 5.92 Å². The third-order valence-corrected chi connectivity index (χ3v) is 4.55. The number of anilines is 1. The molecule has 1 saturated carbocycles. The van der Waals surface area contributed by atoms with E-state index in [1.54, 1.807) is 6.20 Å². The fraction of sp³-hybridized carbons (Fsp3) is 0.562. The second kappa shape index (κ2) is 5.84. The summed E-state index contributed by atoms with van der Waals surface area (Å²) in [4.78, 5) is 30.6. The second-order valence-electron chi connectivity index (χ2n) is 6.04. The molecule has 112 valence electrons. The lowest BCUT2D eigenvalue weighted by Gasteiger charge is -2.23. The third kappa shape index (κ3) is 2.91. The van der Waals surface area contributed by atoms with Gasteiger partial charge >= 0.3 is 0 Å². The second-order valence-corrected chi connectivity index (χ2v) is 6.04.